The number of hydrogen-bond donors (Lipinski definition) is 1. The van der Waals surface area contributed by atoms with E-state index in [1.165, 1.54) is 18.2 Å². The Bertz CT molecular complexity index is 1330. The zero-order chi connectivity index (χ0) is 25.6. The highest BCUT2D eigenvalue weighted by Crippen LogP contribution is 2.32. The highest BCUT2D eigenvalue weighted by Gasteiger charge is 2.18. The van der Waals surface area contributed by atoms with E-state index in [0.717, 1.165) is 22.4 Å². The van der Waals surface area contributed by atoms with E-state index >= 15 is 0 Å². The average Bonchev–Trinajstić information content (AvgIpc) is 3.03. The van der Waals surface area contributed by atoms with Crippen LogP contribution in [0, 0.1) is 26.7 Å². The Labute approximate surface area is 208 Å². The van der Waals surface area contributed by atoms with E-state index in [-0.39, 0.29) is 23.8 Å². The van der Waals surface area contributed by atoms with E-state index in [1.54, 1.807) is 19.1 Å². The number of allylic oxidation sites excluding steroid dienone is 4. The first-order valence-corrected chi connectivity index (χ1v) is 13.0. The lowest BCUT2D eigenvalue weighted by molar-refractivity contribution is -0.140. The largest absolute Gasteiger partial charge is 0.469 e. The molecule has 0 fully saturated rings. The Morgan fingerprint density at radius 1 is 1.14 bits per heavy atom. The molecule has 2 aromatic carbocycles. The van der Waals surface area contributed by atoms with Gasteiger partial charge in [-0.1, -0.05) is 49.4 Å². The summed E-state index contributed by atoms with van der Waals surface area (Å²) in [6, 6.07) is 11.4. The molecular formula is C28H32N2O4S. The number of carbonyl (C=O) groups is 1. The molecule has 1 aliphatic rings. The van der Waals surface area contributed by atoms with E-state index in [2.05, 4.69) is 48.4 Å². The normalized spacial score (nSPS) is 16.1. The number of aliphatic imine (C=N–C) groups is 1. The Morgan fingerprint density at radius 3 is 2.63 bits per heavy atom. The smallest absolute Gasteiger partial charge is 0.306 e. The van der Waals surface area contributed by atoms with E-state index in [9.17, 15) is 13.2 Å². The van der Waals surface area contributed by atoms with Crippen molar-refractivity contribution in [2.75, 3.05) is 13.7 Å². The second kappa shape index (κ2) is 11.4. The van der Waals surface area contributed by atoms with Gasteiger partial charge in [-0.3, -0.25) is 9.79 Å². The lowest BCUT2D eigenvalue weighted by Crippen LogP contribution is -2.27. The van der Waals surface area contributed by atoms with Gasteiger partial charge in [-0.15, -0.1) is 0 Å². The minimum Gasteiger partial charge on any atom is -0.469 e. The van der Waals surface area contributed by atoms with Crippen LogP contribution in [0.5, 0.6) is 0 Å². The number of rotatable bonds is 8. The molecule has 1 atom stereocenters. The van der Waals surface area contributed by atoms with Crippen LogP contribution in [-0.2, 0) is 19.6 Å². The van der Waals surface area contributed by atoms with Gasteiger partial charge < -0.3 is 4.74 Å². The Hall–Kier alpha value is -3.29. The summed E-state index contributed by atoms with van der Waals surface area (Å²) in [5, 5.41) is 0. The predicted octanol–water partition coefficient (Wildman–Crippen LogP) is 5.15. The summed E-state index contributed by atoms with van der Waals surface area (Å²) in [4.78, 5) is 16.2. The monoisotopic (exact) mass is 492 g/mol. The lowest BCUT2D eigenvalue weighted by Gasteiger charge is -2.15. The number of hydrogen-bond acceptors (Lipinski definition) is 5. The van der Waals surface area contributed by atoms with Gasteiger partial charge >= 0.3 is 5.97 Å². The minimum absolute atomic E-state index is 0.0228. The number of nitrogens with zero attached hydrogens (tertiary/aromatic N) is 1. The van der Waals surface area contributed by atoms with Crippen LogP contribution in [0.15, 0.2) is 70.2 Å². The van der Waals surface area contributed by atoms with Gasteiger partial charge in [0.2, 0.25) is 10.0 Å². The van der Waals surface area contributed by atoms with Crippen LogP contribution < -0.4 is 4.72 Å². The average molecular weight is 493 g/mol. The number of nitrogens with one attached hydrogen (secondary N) is 1. The molecule has 35 heavy (non-hydrogen) atoms. The maximum atomic E-state index is 12.8. The Balaban J connectivity index is 2.01. The van der Waals surface area contributed by atoms with Gasteiger partial charge in [-0.2, -0.15) is 0 Å². The summed E-state index contributed by atoms with van der Waals surface area (Å²) in [7, 11) is -2.49. The summed E-state index contributed by atoms with van der Waals surface area (Å²) in [5.74, 6) is -0.231. The second-order valence-corrected chi connectivity index (χ2v) is 10.4. The number of esters is 1. The second-order valence-electron chi connectivity index (χ2n) is 8.63. The zero-order valence-electron chi connectivity index (χ0n) is 20.8. The van der Waals surface area contributed by atoms with Crippen LogP contribution in [0.1, 0.15) is 41.2 Å². The van der Waals surface area contributed by atoms with Crippen LogP contribution in [0.4, 0.5) is 0 Å². The third-order valence-electron chi connectivity index (χ3n) is 5.94. The van der Waals surface area contributed by atoms with Crippen molar-refractivity contribution < 1.29 is 17.9 Å². The Morgan fingerprint density at radius 2 is 1.91 bits per heavy atom. The predicted molar refractivity (Wildman–Crippen MR) is 142 cm³/mol. The van der Waals surface area contributed by atoms with Gasteiger partial charge in [-0.05, 0) is 66.8 Å². The van der Waals surface area contributed by atoms with Gasteiger partial charge in [0.25, 0.3) is 0 Å². The molecule has 0 saturated carbocycles. The molecule has 6 nitrogen and oxygen atoms in total. The van der Waals surface area contributed by atoms with Crippen molar-refractivity contribution in [3.63, 3.8) is 0 Å². The van der Waals surface area contributed by atoms with Crippen molar-refractivity contribution in [2.24, 2.45) is 10.9 Å². The minimum atomic E-state index is -3.76. The third kappa shape index (κ3) is 6.65. The summed E-state index contributed by atoms with van der Waals surface area (Å²) in [6.45, 7) is 8.00. The first kappa shape index (κ1) is 26.3. The van der Waals surface area contributed by atoms with Crippen molar-refractivity contribution in [2.45, 2.75) is 39.0 Å². The SMILES string of the molecule is COC(=O)CCNS(=O)(=O)c1ccc(/C=C(\C2=CC=CC(C)C=N2)c2cccc(C)c2C)cc1C. The molecule has 1 aliphatic heterocycles. The maximum absolute atomic E-state index is 12.8. The van der Waals surface area contributed by atoms with E-state index in [0.29, 0.717) is 5.56 Å². The topological polar surface area (TPSA) is 84.8 Å². The fourth-order valence-corrected chi connectivity index (χ4v) is 5.06. The summed E-state index contributed by atoms with van der Waals surface area (Å²) >= 11 is 0. The van der Waals surface area contributed by atoms with Crippen molar-refractivity contribution in [1.82, 2.24) is 4.72 Å². The first-order valence-electron chi connectivity index (χ1n) is 11.5. The van der Waals surface area contributed by atoms with Crippen molar-refractivity contribution in [1.29, 1.82) is 0 Å². The maximum Gasteiger partial charge on any atom is 0.306 e. The molecule has 0 saturated heterocycles. The molecule has 7 heteroatoms. The molecule has 184 valence electrons. The molecule has 0 amide bonds. The highest BCUT2D eigenvalue weighted by molar-refractivity contribution is 7.89. The van der Waals surface area contributed by atoms with E-state index < -0.39 is 16.0 Å². The van der Waals surface area contributed by atoms with Crippen LogP contribution in [0.2, 0.25) is 0 Å². The zero-order valence-corrected chi connectivity index (χ0v) is 21.6. The standard InChI is InChI=1S/C28H32N2O4S/c1-19-8-6-11-26(29-18-19)25(24-10-7-9-20(2)22(24)4)17-23-12-13-27(21(3)16-23)35(32,33)30-15-14-28(31)34-5/h6-13,16-19,30H,14-15H2,1-5H3/b25-17-. The van der Waals surface area contributed by atoms with Gasteiger partial charge in [0.05, 0.1) is 24.1 Å². The molecule has 2 aromatic rings. The van der Waals surface area contributed by atoms with Crippen LogP contribution >= 0.6 is 0 Å². The fraction of sp³-hybridized carbons (Fsp3) is 0.286. The summed E-state index contributed by atoms with van der Waals surface area (Å²) in [5.41, 5.74) is 6.72. The number of sulfonamides is 1. The molecule has 1 unspecified atom stereocenters. The number of methoxy groups -OCH3 is 1. The number of aryl methyl sites for hydroxylation is 2. The summed E-state index contributed by atoms with van der Waals surface area (Å²) < 4.78 is 32.6. The molecule has 0 aromatic heterocycles. The number of benzene rings is 2. The molecule has 0 radical (unpaired) electrons. The van der Waals surface area contributed by atoms with Gasteiger partial charge in [0.15, 0.2) is 0 Å². The van der Waals surface area contributed by atoms with Gasteiger partial charge in [0.1, 0.15) is 0 Å². The molecule has 0 bridgehead atoms. The van der Waals surface area contributed by atoms with E-state index in [1.807, 2.05) is 36.6 Å². The van der Waals surface area contributed by atoms with Crippen molar-refractivity contribution in [3.05, 3.63) is 88.1 Å². The van der Waals surface area contributed by atoms with Crippen LogP contribution in [0.25, 0.3) is 11.6 Å². The molecule has 0 aliphatic carbocycles. The van der Waals surface area contributed by atoms with E-state index in [4.69, 9.17) is 4.99 Å². The number of carbonyl (C=O) groups excluding carboxylic acids is 1. The van der Waals surface area contributed by atoms with Crippen molar-refractivity contribution >= 4 is 33.9 Å². The quantitative estimate of drug-likeness (QED) is 0.408. The molecule has 3 rings (SSSR count). The lowest BCUT2D eigenvalue weighted by atomic mass is 9.93. The molecule has 1 N–H and O–H groups in total. The highest BCUT2D eigenvalue weighted by atomic mass is 32.2. The third-order valence-corrected chi connectivity index (χ3v) is 7.56. The summed E-state index contributed by atoms with van der Waals surface area (Å²) in [6.07, 6.45) is 10.1. The molecular weight excluding hydrogens is 460 g/mol. The molecule has 0 spiro atoms. The number of ether oxygens (including phenoxy) is 1. The van der Waals surface area contributed by atoms with Gasteiger partial charge in [0, 0.05) is 24.3 Å². The van der Waals surface area contributed by atoms with Crippen molar-refractivity contribution in [3.8, 4) is 0 Å². The molecule has 1 heterocycles. The van der Waals surface area contributed by atoms with Gasteiger partial charge in [-0.25, -0.2) is 13.1 Å². The Kier molecular flexibility index (Phi) is 8.59. The van der Waals surface area contributed by atoms with Crippen LogP contribution in [0.3, 0.4) is 0 Å². The van der Waals surface area contributed by atoms with Crippen LogP contribution in [-0.4, -0.2) is 34.3 Å². The fourth-order valence-electron chi connectivity index (χ4n) is 3.80. The first-order chi connectivity index (χ1) is 16.6.